The molecule has 1 aliphatic rings. The van der Waals surface area contributed by atoms with Crippen LogP contribution in [0.1, 0.15) is 11.6 Å². The zero-order chi connectivity index (χ0) is 9.42. The molecular formula is C7H10N4O2. The first-order valence-electron chi connectivity index (χ1n) is 4.07. The van der Waals surface area contributed by atoms with Gasteiger partial charge in [-0.3, -0.25) is 14.8 Å². The van der Waals surface area contributed by atoms with Gasteiger partial charge in [0.1, 0.15) is 11.9 Å². The summed E-state index contributed by atoms with van der Waals surface area (Å²) < 4.78 is 1.59. The monoisotopic (exact) mass is 182 g/mol. The van der Waals surface area contributed by atoms with Gasteiger partial charge in [0, 0.05) is 26.1 Å². The molecule has 13 heavy (non-hydrogen) atoms. The van der Waals surface area contributed by atoms with E-state index < -0.39 is 0 Å². The van der Waals surface area contributed by atoms with Crippen LogP contribution in [0.15, 0.2) is 6.20 Å². The van der Waals surface area contributed by atoms with E-state index in [4.69, 9.17) is 0 Å². The van der Waals surface area contributed by atoms with Gasteiger partial charge < -0.3 is 5.32 Å². The second-order valence-electron chi connectivity index (χ2n) is 3.15. The number of hydrogen-bond donors (Lipinski definition) is 1. The van der Waals surface area contributed by atoms with Crippen molar-refractivity contribution in [2.75, 3.05) is 13.1 Å². The molecule has 2 rings (SSSR count). The predicted molar refractivity (Wildman–Crippen MR) is 45.5 cm³/mol. The van der Waals surface area contributed by atoms with Crippen molar-refractivity contribution >= 4 is 5.69 Å². The standard InChI is InChI=1S/C7H10N4O2/c1-10-7(5-2-8-3-5)6(4-9-10)11(12)13/h4-5,8H,2-3H2,1H3. The molecule has 1 aromatic rings. The highest BCUT2D eigenvalue weighted by atomic mass is 16.6. The smallest absolute Gasteiger partial charge is 0.310 e. The first kappa shape index (κ1) is 8.18. The fourth-order valence-corrected chi connectivity index (χ4v) is 1.53. The number of rotatable bonds is 2. The molecule has 0 unspecified atom stereocenters. The van der Waals surface area contributed by atoms with Crippen LogP contribution in [0.25, 0.3) is 0 Å². The minimum Gasteiger partial charge on any atom is -0.315 e. The molecule has 1 aromatic heterocycles. The van der Waals surface area contributed by atoms with Gasteiger partial charge >= 0.3 is 5.69 Å². The van der Waals surface area contributed by atoms with Gasteiger partial charge in [0.15, 0.2) is 0 Å². The third-order valence-corrected chi connectivity index (χ3v) is 2.33. The van der Waals surface area contributed by atoms with E-state index in [1.807, 2.05) is 0 Å². The van der Waals surface area contributed by atoms with E-state index in [0.29, 0.717) is 0 Å². The van der Waals surface area contributed by atoms with Crippen molar-refractivity contribution in [3.8, 4) is 0 Å². The van der Waals surface area contributed by atoms with Crippen LogP contribution in [-0.4, -0.2) is 27.8 Å². The van der Waals surface area contributed by atoms with Crippen molar-refractivity contribution in [3.05, 3.63) is 22.0 Å². The zero-order valence-electron chi connectivity index (χ0n) is 7.23. The molecule has 0 aliphatic carbocycles. The second kappa shape index (κ2) is 2.81. The molecule has 70 valence electrons. The Hall–Kier alpha value is -1.43. The van der Waals surface area contributed by atoms with Gasteiger partial charge in [0.2, 0.25) is 0 Å². The van der Waals surface area contributed by atoms with Gasteiger partial charge in [-0.2, -0.15) is 5.10 Å². The summed E-state index contributed by atoms with van der Waals surface area (Å²) in [4.78, 5) is 10.2. The van der Waals surface area contributed by atoms with Crippen LogP contribution in [0.3, 0.4) is 0 Å². The molecule has 0 aromatic carbocycles. The van der Waals surface area contributed by atoms with Gasteiger partial charge in [-0.05, 0) is 0 Å². The van der Waals surface area contributed by atoms with E-state index in [9.17, 15) is 10.1 Å². The summed E-state index contributed by atoms with van der Waals surface area (Å²) in [5.41, 5.74) is 0.859. The number of nitrogens with zero attached hydrogens (tertiary/aromatic N) is 3. The molecule has 0 bridgehead atoms. The van der Waals surface area contributed by atoms with Crippen LogP contribution >= 0.6 is 0 Å². The second-order valence-corrected chi connectivity index (χ2v) is 3.15. The lowest BCUT2D eigenvalue weighted by atomic mass is 9.98. The molecule has 2 heterocycles. The first-order valence-corrected chi connectivity index (χ1v) is 4.07. The highest BCUT2D eigenvalue weighted by Crippen LogP contribution is 2.27. The summed E-state index contributed by atoms with van der Waals surface area (Å²) in [6, 6.07) is 0. The third-order valence-electron chi connectivity index (χ3n) is 2.33. The average Bonchev–Trinajstić information content (AvgIpc) is 2.30. The van der Waals surface area contributed by atoms with Crippen molar-refractivity contribution in [1.82, 2.24) is 15.1 Å². The van der Waals surface area contributed by atoms with Crippen molar-refractivity contribution in [2.24, 2.45) is 7.05 Å². The van der Waals surface area contributed by atoms with E-state index in [2.05, 4.69) is 10.4 Å². The summed E-state index contributed by atoms with van der Waals surface area (Å²) in [5, 5.41) is 17.6. The Labute approximate surface area is 74.7 Å². The Morgan fingerprint density at radius 2 is 2.46 bits per heavy atom. The van der Waals surface area contributed by atoms with Crippen molar-refractivity contribution in [2.45, 2.75) is 5.92 Å². The molecule has 0 amide bonds. The lowest BCUT2D eigenvalue weighted by molar-refractivity contribution is -0.385. The van der Waals surface area contributed by atoms with Crippen molar-refractivity contribution in [1.29, 1.82) is 0 Å². The van der Waals surface area contributed by atoms with Crippen LogP contribution in [-0.2, 0) is 7.05 Å². The number of aromatic nitrogens is 2. The maximum Gasteiger partial charge on any atom is 0.310 e. The van der Waals surface area contributed by atoms with Gasteiger partial charge in [-0.25, -0.2) is 0 Å². The molecule has 0 atom stereocenters. The fourth-order valence-electron chi connectivity index (χ4n) is 1.53. The minimum absolute atomic E-state index is 0.133. The van der Waals surface area contributed by atoms with Crippen molar-refractivity contribution in [3.63, 3.8) is 0 Å². The SMILES string of the molecule is Cn1ncc([N+](=O)[O-])c1C1CNC1. The minimum atomic E-state index is -0.374. The maximum atomic E-state index is 10.6. The van der Waals surface area contributed by atoms with Gasteiger partial charge in [-0.1, -0.05) is 0 Å². The van der Waals surface area contributed by atoms with E-state index in [-0.39, 0.29) is 16.5 Å². The van der Waals surface area contributed by atoms with Crippen LogP contribution in [0, 0.1) is 10.1 Å². The van der Waals surface area contributed by atoms with Crippen LogP contribution < -0.4 is 5.32 Å². The molecule has 1 aliphatic heterocycles. The molecule has 0 radical (unpaired) electrons. The third kappa shape index (κ3) is 1.19. The number of nitro groups is 1. The van der Waals surface area contributed by atoms with Gasteiger partial charge in [0.05, 0.1) is 4.92 Å². The van der Waals surface area contributed by atoms with E-state index in [0.717, 1.165) is 18.8 Å². The molecule has 6 nitrogen and oxygen atoms in total. The fraction of sp³-hybridized carbons (Fsp3) is 0.571. The Balaban J connectivity index is 2.39. The first-order chi connectivity index (χ1) is 6.20. The Morgan fingerprint density at radius 3 is 2.92 bits per heavy atom. The summed E-state index contributed by atoms with van der Waals surface area (Å²) in [6.07, 6.45) is 1.31. The summed E-state index contributed by atoms with van der Waals surface area (Å²) >= 11 is 0. The molecular weight excluding hydrogens is 172 g/mol. The summed E-state index contributed by atoms with van der Waals surface area (Å²) in [7, 11) is 1.74. The van der Waals surface area contributed by atoms with Crippen LogP contribution in [0.4, 0.5) is 5.69 Å². The van der Waals surface area contributed by atoms with Crippen LogP contribution in [0.2, 0.25) is 0 Å². The molecule has 1 N–H and O–H groups in total. The largest absolute Gasteiger partial charge is 0.315 e. The molecule has 6 heteroatoms. The van der Waals surface area contributed by atoms with E-state index in [1.54, 1.807) is 11.7 Å². The number of aryl methyl sites for hydroxylation is 1. The van der Waals surface area contributed by atoms with E-state index >= 15 is 0 Å². The highest BCUT2D eigenvalue weighted by molar-refractivity contribution is 5.37. The number of nitrogens with one attached hydrogen (secondary N) is 1. The Bertz CT molecular complexity index is 342. The lowest BCUT2D eigenvalue weighted by Crippen LogP contribution is -2.41. The normalized spacial score (nSPS) is 17.0. The topological polar surface area (TPSA) is 73.0 Å². The van der Waals surface area contributed by atoms with Crippen LogP contribution in [0.5, 0.6) is 0 Å². The van der Waals surface area contributed by atoms with E-state index in [1.165, 1.54) is 6.20 Å². The molecule has 1 saturated heterocycles. The predicted octanol–water partition coefficient (Wildman–Crippen LogP) is 0.0151. The highest BCUT2D eigenvalue weighted by Gasteiger charge is 2.30. The number of hydrogen-bond acceptors (Lipinski definition) is 4. The average molecular weight is 182 g/mol. The summed E-state index contributed by atoms with van der Waals surface area (Å²) in [6.45, 7) is 1.61. The van der Waals surface area contributed by atoms with Crippen molar-refractivity contribution < 1.29 is 4.92 Å². The quantitative estimate of drug-likeness (QED) is 0.516. The molecule has 0 spiro atoms. The Morgan fingerprint density at radius 1 is 1.77 bits per heavy atom. The zero-order valence-corrected chi connectivity index (χ0v) is 7.23. The lowest BCUT2D eigenvalue weighted by Gasteiger charge is -2.26. The maximum absolute atomic E-state index is 10.6. The molecule has 0 saturated carbocycles. The summed E-state index contributed by atoms with van der Waals surface area (Å²) in [5.74, 6) is 0.243. The Kier molecular flexibility index (Phi) is 1.77. The van der Waals surface area contributed by atoms with Gasteiger partial charge in [0.25, 0.3) is 0 Å². The molecule has 1 fully saturated rings. The van der Waals surface area contributed by atoms with Gasteiger partial charge in [-0.15, -0.1) is 0 Å².